The van der Waals surface area contributed by atoms with Crippen molar-refractivity contribution in [1.82, 2.24) is 4.98 Å². The molecule has 0 saturated heterocycles. The highest BCUT2D eigenvalue weighted by Crippen LogP contribution is 2.42. The number of benzene rings is 2. The van der Waals surface area contributed by atoms with Gasteiger partial charge in [0.25, 0.3) is 5.91 Å². The molecule has 1 unspecified atom stereocenters. The number of carbonyl (C=O) groups is 1. The fraction of sp³-hybridized carbons (Fsp3) is 0.250. The molecule has 4 rings (SSSR count). The van der Waals surface area contributed by atoms with Gasteiger partial charge in [0, 0.05) is 17.8 Å². The normalized spacial score (nSPS) is 18.8. The Morgan fingerprint density at radius 1 is 1.09 bits per heavy atom. The lowest BCUT2D eigenvalue weighted by Crippen LogP contribution is -2.40. The van der Waals surface area contributed by atoms with Gasteiger partial charge in [0.1, 0.15) is 11.9 Å². The van der Waals surface area contributed by atoms with Crippen molar-refractivity contribution in [3.63, 3.8) is 0 Å². The van der Waals surface area contributed by atoms with E-state index in [9.17, 15) is 23.1 Å². The summed E-state index contributed by atoms with van der Waals surface area (Å²) in [6.07, 6.45) is -4.74. The Hall–Kier alpha value is -3.39. The van der Waals surface area contributed by atoms with Crippen LogP contribution in [0.25, 0.3) is 0 Å². The topological polar surface area (TPSA) is 62.7 Å². The number of hydrogen-bond acceptors (Lipinski definition) is 4. The van der Waals surface area contributed by atoms with E-state index in [1.54, 1.807) is 48.7 Å². The van der Waals surface area contributed by atoms with Crippen molar-refractivity contribution in [2.45, 2.75) is 31.2 Å². The number of fused-ring (bicyclic) bond motifs is 1. The molecule has 166 valence electrons. The van der Waals surface area contributed by atoms with E-state index in [-0.39, 0.29) is 24.2 Å². The number of halogens is 3. The number of ether oxygens (including phenoxy) is 1. The fourth-order valence-corrected chi connectivity index (χ4v) is 4.06. The number of aliphatic hydroxyl groups excluding tert-OH is 1. The van der Waals surface area contributed by atoms with E-state index >= 15 is 0 Å². The maximum atomic E-state index is 13.9. The Morgan fingerprint density at radius 2 is 1.84 bits per heavy atom. The summed E-state index contributed by atoms with van der Waals surface area (Å²) in [6.45, 7) is -0.0552. The molecule has 3 aromatic rings. The molecule has 5 nitrogen and oxygen atoms in total. The number of nitrogens with zero attached hydrogens (tertiary/aromatic N) is 2. The minimum absolute atomic E-state index is 0.0263. The zero-order chi connectivity index (χ0) is 22.9. The predicted molar refractivity (Wildman–Crippen MR) is 112 cm³/mol. The number of carbonyl (C=O) groups excluding carboxylic acids is 1. The maximum absolute atomic E-state index is 13.9. The van der Waals surface area contributed by atoms with E-state index in [0.717, 1.165) is 6.07 Å². The van der Waals surface area contributed by atoms with Crippen LogP contribution < -0.4 is 9.64 Å². The summed E-state index contributed by atoms with van der Waals surface area (Å²) in [4.78, 5) is 18.7. The molecule has 1 aliphatic rings. The van der Waals surface area contributed by atoms with E-state index in [0.29, 0.717) is 17.0 Å². The predicted octanol–water partition coefficient (Wildman–Crippen LogP) is 4.34. The zero-order valence-corrected chi connectivity index (χ0v) is 17.2. The van der Waals surface area contributed by atoms with Gasteiger partial charge in [-0.2, -0.15) is 13.2 Å². The summed E-state index contributed by atoms with van der Waals surface area (Å²) in [6, 6.07) is 15.5. The number of methoxy groups -OCH3 is 1. The SMILES string of the molecule is COc1ccc(C2Cc3c(cccc3C(F)(F)F)N(Cc3ccccn3)C(=O)[C@@H]2O)cc1. The highest BCUT2D eigenvalue weighted by atomic mass is 19.4. The Morgan fingerprint density at radius 3 is 2.47 bits per heavy atom. The molecule has 0 radical (unpaired) electrons. The summed E-state index contributed by atoms with van der Waals surface area (Å²) in [5.74, 6) is -0.963. The van der Waals surface area contributed by atoms with Crippen molar-refractivity contribution in [3.05, 3.63) is 89.2 Å². The molecule has 0 spiro atoms. The molecular weight excluding hydrogens is 421 g/mol. The summed E-state index contributed by atoms with van der Waals surface area (Å²) in [5.41, 5.74) is 0.335. The quantitative estimate of drug-likeness (QED) is 0.653. The smallest absolute Gasteiger partial charge is 0.416 e. The zero-order valence-electron chi connectivity index (χ0n) is 17.2. The third-order valence-electron chi connectivity index (χ3n) is 5.66. The number of alkyl halides is 3. The summed E-state index contributed by atoms with van der Waals surface area (Å²) >= 11 is 0. The average Bonchev–Trinajstić information content (AvgIpc) is 2.89. The molecule has 1 aromatic heterocycles. The summed E-state index contributed by atoms with van der Waals surface area (Å²) < 4.78 is 46.8. The van der Waals surface area contributed by atoms with Crippen molar-refractivity contribution < 1.29 is 27.8 Å². The van der Waals surface area contributed by atoms with Crippen LogP contribution in [0.15, 0.2) is 66.9 Å². The number of aromatic nitrogens is 1. The van der Waals surface area contributed by atoms with Crippen LogP contribution in [0.3, 0.4) is 0 Å². The lowest BCUT2D eigenvalue weighted by molar-refractivity contribution is -0.138. The molecule has 0 saturated carbocycles. The van der Waals surface area contributed by atoms with Crippen LogP contribution in [0.2, 0.25) is 0 Å². The number of aliphatic hydroxyl groups is 1. The van der Waals surface area contributed by atoms with Crippen molar-refractivity contribution in [2.24, 2.45) is 0 Å². The van der Waals surface area contributed by atoms with E-state index in [1.807, 2.05) is 0 Å². The first-order valence-electron chi connectivity index (χ1n) is 10.0. The van der Waals surface area contributed by atoms with Crippen LogP contribution in [0.1, 0.15) is 28.3 Å². The third kappa shape index (κ3) is 4.18. The minimum atomic E-state index is -4.61. The molecular formula is C24H21F3N2O3. The molecule has 32 heavy (non-hydrogen) atoms. The highest BCUT2D eigenvalue weighted by molar-refractivity contribution is 5.98. The maximum Gasteiger partial charge on any atom is 0.416 e. The molecule has 1 aliphatic heterocycles. The van der Waals surface area contributed by atoms with Crippen LogP contribution >= 0.6 is 0 Å². The molecule has 0 bridgehead atoms. The number of amides is 1. The van der Waals surface area contributed by atoms with Gasteiger partial charge in [-0.3, -0.25) is 9.78 Å². The second kappa shape index (κ2) is 8.63. The summed E-state index contributed by atoms with van der Waals surface area (Å²) in [5, 5.41) is 11.0. The Kier molecular flexibility index (Phi) is 5.88. The number of anilines is 1. The van der Waals surface area contributed by atoms with Crippen molar-refractivity contribution >= 4 is 11.6 Å². The van der Waals surface area contributed by atoms with Gasteiger partial charge in [-0.15, -0.1) is 0 Å². The molecule has 0 aliphatic carbocycles. The van der Waals surface area contributed by atoms with Crippen molar-refractivity contribution in [1.29, 1.82) is 0 Å². The minimum Gasteiger partial charge on any atom is -0.497 e. The van der Waals surface area contributed by atoms with Gasteiger partial charge in [-0.1, -0.05) is 24.3 Å². The second-order valence-corrected chi connectivity index (χ2v) is 7.58. The van der Waals surface area contributed by atoms with Crippen LogP contribution in [-0.4, -0.2) is 29.2 Å². The fourth-order valence-electron chi connectivity index (χ4n) is 4.06. The molecule has 1 amide bonds. The first-order chi connectivity index (χ1) is 15.3. The molecule has 0 fully saturated rings. The molecule has 1 N–H and O–H groups in total. The van der Waals surface area contributed by atoms with E-state index in [4.69, 9.17) is 4.74 Å². The molecule has 2 heterocycles. The average molecular weight is 442 g/mol. The Balaban J connectivity index is 1.85. The number of rotatable bonds is 4. The Bertz CT molecular complexity index is 1100. The van der Waals surface area contributed by atoms with Crippen LogP contribution in [0, 0.1) is 0 Å². The summed E-state index contributed by atoms with van der Waals surface area (Å²) in [7, 11) is 1.50. The monoisotopic (exact) mass is 442 g/mol. The van der Waals surface area contributed by atoms with Gasteiger partial charge >= 0.3 is 6.18 Å². The van der Waals surface area contributed by atoms with Crippen molar-refractivity contribution in [2.75, 3.05) is 12.0 Å². The van der Waals surface area contributed by atoms with Crippen LogP contribution in [0.4, 0.5) is 18.9 Å². The lowest BCUT2D eigenvalue weighted by Gasteiger charge is -2.26. The van der Waals surface area contributed by atoms with Gasteiger partial charge in [-0.05, 0) is 53.9 Å². The first kappa shape index (κ1) is 21.8. The third-order valence-corrected chi connectivity index (χ3v) is 5.66. The molecule has 8 heteroatoms. The van der Waals surface area contributed by atoms with Gasteiger partial charge in [-0.25, -0.2) is 0 Å². The first-order valence-corrected chi connectivity index (χ1v) is 10.0. The van der Waals surface area contributed by atoms with Gasteiger partial charge in [0.05, 0.1) is 24.9 Å². The van der Waals surface area contributed by atoms with E-state index in [1.165, 1.54) is 24.1 Å². The highest BCUT2D eigenvalue weighted by Gasteiger charge is 2.42. The molecule has 2 aromatic carbocycles. The molecule has 2 atom stereocenters. The van der Waals surface area contributed by atoms with Gasteiger partial charge < -0.3 is 14.7 Å². The largest absolute Gasteiger partial charge is 0.497 e. The van der Waals surface area contributed by atoms with Crippen molar-refractivity contribution in [3.8, 4) is 5.75 Å². The van der Waals surface area contributed by atoms with Gasteiger partial charge in [0.2, 0.25) is 0 Å². The van der Waals surface area contributed by atoms with Crippen LogP contribution in [0.5, 0.6) is 5.75 Å². The number of hydrogen-bond donors (Lipinski definition) is 1. The van der Waals surface area contributed by atoms with Gasteiger partial charge in [0.15, 0.2) is 0 Å². The van der Waals surface area contributed by atoms with E-state index in [2.05, 4.69) is 4.98 Å². The number of pyridine rings is 1. The second-order valence-electron chi connectivity index (χ2n) is 7.58. The lowest BCUT2D eigenvalue weighted by atomic mass is 9.86. The Labute approximate surface area is 183 Å². The van der Waals surface area contributed by atoms with Crippen LogP contribution in [-0.2, 0) is 23.9 Å². The van der Waals surface area contributed by atoms with E-state index < -0.39 is 29.7 Å². The standard InChI is InChI=1S/C24H21F3N2O3/c1-32-17-10-8-15(9-11-17)18-13-19-20(24(25,26)27)6-4-7-21(19)29(23(31)22(18)30)14-16-5-2-3-12-28-16/h2-12,18,22,30H,13-14H2,1H3/t18?,22-/m1/s1.